The molecule has 2 aromatic rings. The lowest BCUT2D eigenvalue weighted by atomic mass is 10.3. The minimum atomic E-state index is 0.311. The summed E-state index contributed by atoms with van der Waals surface area (Å²) in [6.07, 6.45) is 0.691. The fourth-order valence-electron chi connectivity index (χ4n) is 1.53. The molecule has 6 heteroatoms. The molecule has 0 unspecified atom stereocenters. The molecule has 1 N–H and O–H groups in total. The first-order chi connectivity index (χ1) is 9.29. The highest BCUT2D eigenvalue weighted by atomic mass is 35.5. The topological polar surface area (TPSA) is 60.0 Å². The van der Waals surface area contributed by atoms with Crippen LogP contribution in [0.3, 0.4) is 0 Å². The van der Waals surface area contributed by atoms with E-state index in [9.17, 15) is 0 Å². The first kappa shape index (κ1) is 13.8. The van der Waals surface area contributed by atoms with Crippen molar-refractivity contribution in [2.45, 2.75) is 20.0 Å². The summed E-state index contributed by atoms with van der Waals surface area (Å²) in [7, 11) is 0. The van der Waals surface area contributed by atoms with Gasteiger partial charge in [-0.1, -0.05) is 23.7 Å². The minimum Gasteiger partial charge on any atom is -0.484 e. The molecule has 0 aliphatic heterocycles. The summed E-state index contributed by atoms with van der Waals surface area (Å²) < 4.78 is 10.8. The second-order valence-electron chi connectivity index (χ2n) is 3.86. The van der Waals surface area contributed by atoms with Crippen molar-refractivity contribution in [3.8, 4) is 5.75 Å². The Morgan fingerprint density at radius 1 is 1.32 bits per heavy atom. The van der Waals surface area contributed by atoms with E-state index in [4.69, 9.17) is 21.1 Å². The van der Waals surface area contributed by atoms with Crippen LogP contribution >= 0.6 is 11.6 Å². The standard InChI is InChI=1S/C13H16ClN3O2/c1-2-18-8-7-12-15-13(17-16-12)9-19-11-6-4-3-5-10(11)14/h3-6H,2,7-9H2,1H3,(H,15,16,17). The zero-order valence-corrected chi connectivity index (χ0v) is 11.5. The van der Waals surface area contributed by atoms with Crippen molar-refractivity contribution in [2.75, 3.05) is 13.2 Å². The van der Waals surface area contributed by atoms with Gasteiger partial charge in [0.05, 0.1) is 11.6 Å². The molecule has 102 valence electrons. The van der Waals surface area contributed by atoms with E-state index in [1.807, 2.05) is 25.1 Å². The van der Waals surface area contributed by atoms with Gasteiger partial charge in [-0.2, -0.15) is 5.10 Å². The number of rotatable bonds is 7. The highest BCUT2D eigenvalue weighted by molar-refractivity contribution is 6.32. The molecular weight excluding hydrogens is 266 g/mol. The SMILES string of the molecule is CCOCCc1n[nH]c(COc2ccccc2Cl)n1. The average Bonchev–Trinajstić information content (AvgIpc) is 2.86. The number of hydrogen-bond donors (Lipinski definition) is 1. The Morgan fingerprint density at radius 3 is 2.95 bits per heavy atom. The molecule has 2 rings (SSSR count). The molecule has 0 atom stereocenters. The molecule has 0 saturated carbocycles. The van der Waals surface area contributed by atoms with E-state index in [0.29, 0.717) is 42.8 Å². The van der Waals surface area contributed by atoms with Crippen LogP contribution < -0.4 is 4.74 Å². The number of aromatic amines is 1. The van der Waals surface area contributed by atoms with Crippen molar-refractivity contribution in [3.05, 3.63) is 40.9 Å². The molecule has 1 heterocycles. The molecule has 0 fully saturated rings. The van der Waals surface area contributed by atoms with Gasteiger partial charge in [0.2, 0.25) is 0 Å². The van der Waals surface area contributed by atoms with E-state index in [-0.39, 0.29) is 0 Å². The molecule has 0 aliphatic rings. The Bertz CT molecular complexity index is 516. The fourth-order valence-corrected chi connectivity index (χ4v) is 1.72. The predicted molar refractivity (Wildman–Crippen MR) is 72.4 cm³/mol. The number of hydrogen-bond acceptors (Lipinski definition) is 4. The third-order valence-electron chi connectivity index (χ3n) is 2.45. The monoisotopic (exact) mass is 281 g/mol. The summed E-state index contributed by atoms with van der Waals surface area (Å²) in [5, 5.41) is 7.51. The van der Waals surface area contributed by atoms with Crippen LogP contribution in [-0.4, -0.2) is 28.4 Å². The lowest BCUT2D eigenvalue weighted by Gasteiger charge is -2.04. The number of aromatic nitrogens is 3. The zero-order valence-electron chi connectivity index (χ0n) is 10.7. The number of nitrogens with one attached hydrogen (secondary N) is 1. The van der Waals surface area contributed by atoms with Crippen molar-refractivity contribution in [1.29, 1.82) is 0 Å². The van der Waals surface area contributed by atoms with Crippen molar-refractivity contribution in [3.63, 3.8) is 0 Å². The summed E-state index contributed by atoms with van der Waals surface area (Å²) in [5.41, 5.74) is 0. The summed E-state index contributed by atoms with van der Waals surface area (Å²) in [5.74, 6) is 2.04. The molecular formula is C13H16ClN3O2. The van der Waals surface area contributed by atoms with Crippen LogP contribution in [0, 0.1) is 0 Å². The molecule has 1 aromatic carbocycles. The van der Waals surface area contributed by atoms with E-state index in [1.165, 1.54) is 0 Å². The quantitative estimate of drug-likeness (QED) is 0.793. The van der Waals surface area contributed by atoms with Crippen LogP contribution in [0.2, 0.25) is 5.02 Å². The van der Waals surface area contributed by atoms with Gasteiger partial charge in [-0.25, -0.2) is 4.98 Å². The minimum absolute atomic E-state index is 0.311. The fraction of sp³-hybridized carbons (Fsp3) is 0.385. The first-order valence-corrected chi connectivity index (χ1v) is 6.52. The molecule has 0 saturated heterocycles. The smallest absolute Gasteiger partial charge is 0.162 e. The summed E-state index contributed by atoms with van der Waals surface area (Å²) in [6, 6.07) is 7.32. The second-order valence-corrected chi connectivity index (χ2v) is 4.27. The Morgan fingerprint density at radius 2 is 2.16 bits per heavy atom. The maximum absolute atomic E-state index is 5.99. The van der Waals surface area contributed by atoms with Crippen molar-refractivity contribution >= 4 is 11.6 Å². The van der Waals surface area contributed by atoms with Crippen LogP contribution in [-0.2, 0) is 17.8 Å². The van der Waals surface area contributed by atoms with Gasteiger partial charge in [-0.3, -0.25) is 5.10 Å². The van der Waals surface area contributed by atoms with Gasteiger partial charge in [-0.05, 0) is 19.1 Å². The van der Waals surface area contributed by atoms with Crippen LogP contribution in [0.5, 0.6) is 5.75 Å². The van der Waals surface area contributed by atoms with Crippen molar-refractivity contribution in [2.24, 2.45) is 0 Å². The Labute approximate surface area is 116 Å². The number of nitrogens with zero attached hydrogens (tertiary/aromatic N) is 2. The average molecular weight is 282 g/mol. The second kappa shape index (κ2) is 7.11. The maximum Gasteiger partial charge on any atom is 0.162 e. The number of H-pyrrole nitrogens is 1. The largest absolute Gasteiger partial charge is 0.484 e. The Balaban J connectivity index is 1.85. The molecule has 0 amide bonds. The Hall–Kier alpha value is -1.59. The van der Waals surface area contributed by atoms with Gasteiger partial charge < -0.3 is 9.47 Å². The zero-order chi connectivity index (χ0) is 13.5. The van der Waals surface area contributed by atoms with Crippen molar-refractivity contribution < 1.29 is 9.47 Å². The van der Waals surface area contributed by atoms with E-state index < -0.39 is 0 Å². The number of halogens is 1. The predicted octanol–water partition coefficient (Wildman–Crippen LogP) is 2.62. The van der Waals surface area contributed by atoms with E-state index in [0.717, 1.165) is 5.82 Å². The molecule has 0 bridgehead atoms. The van der Waals surface area contributed by atoms with Gasteiger partial charge >= 0.3 is 0 Å². The lowest BCUT2D eigenvalue weighted by molar-refractivity contribution is 0.149. The number of para-hydroxylation sites is 1. The van der Waals surface area contributed by atoms with E-state index in [2.05, 4.69) is 15.2 Å². The van der Waals surface area contributed by atoms with E-state index >= 15 is 0 Å². The van der Waals surface area contributed by atoms with Crippen molar-refractivity contribution in [1.82, 2.24) is 15.2 Å². The van der Waals surface area contributed by atoms with Gasteiger partial charge in [0.15, 0.2) is 11.6 Å². The normalized spacial score (nSPS) is 10.6. The third kappa shape index (κ3) is 4.22. The third-order valence-corrected chi connectivity index (χ3v) is 2.77. The molecule has 0 spiro atoms. The van der Waals surface area contributed by atoms with Crippen LogP contribution in [0.25, 0.3) is 0 Å². The van der Waals surface area contributed by atoms with Crippen LogP contribution in [0.4, 0.5) is 0 Å². The summed E-state index contributed by atoms with van der Waals surface area (Å²) in [6.45, 7) is 3.60. The molecule has 1 aromatic heterocycles. The lowest BCUT2D eigenvalue weighted by Crippen LogP contribution is -2.00. The van der Waals surface area contributed by atoms with Gasteiger partial charge in [-0.15, -0.1) is 0 Å². The maximum atomic E-state index is 5.99. The first-order valence-electron chi connectivity index (χ1n) is 6.15. The molecule has 0 radical (unpaired) electrons. The molecule has 5 nitrogen and oxygen atoms in total. The summed E-state index contributed by atoms with van der Waals surface area (Å²) in [4.78, 5) is 4.31. The molecule has 19 heavy (non-hydrogen) atoms. The van der Waals surface area contributed by atoms with Gasteiger partial charge in [0.25, 0.3) is 0 Å². The van der Waals surface area contributed by atoms with E-state index in [1.54, 1.807) is 6.07 Å². The van der Waals surface area contributed by atoms with Gasteiger partial charge in [0.1, 0.15) is 12.4 Å². The highest BCUT2D eigenvalue weighted by Crippen LogP contribution is 2.23. The Kier molecular flexibility index (Phi) is 5.18. The molecule has 0 aliphatic carbocycles. The van der Waals surface area contributed by atoms with Crippen LogP contribution in [0.1, 0.15) is 18.6 Å². The highest BCUT2D eigenvalue weighted by Gasteiger charge is 2.05. The number of ether oxygens (including phenoxy) is 2. The van der Waals surface area contributed by atoms with Gasteiger partial charge in [0, 0.05) is 13.0 Å². The van der Waals surface area contributed by atoms with Crippen LogP contribution in [0.15, 0.2) is 24.3 Å². The number of benzene rings is 1. The summed E-state index contributed by atoms with van der Waals surface area (Å²) >= 11 is 5.99.